The molecule has 0 aliphatic rings. The second kappa shape index (κ2) is 5.92. The first kappa shape index (κ1) is 14.6. The van der Waals surface area contributed by atoms with E-state index in [4.69, 9.17) is 4.98 Å². The SMILES string of the molecule is Brc1ccc(Cn2c(-c3ccc(Br)s3)nc3ccccc32)s1. The van der Waals surface area contributed by atoms with Crippen LogP contribution >= 0.6 is 54.5 Å². The van der Waals surface area contributed by atoms with E-state index < -0.39 is 0 Å². The number of fused-ring (bicyclic) bond motifs is 1. The van der Waals surface area contributed by atoms with Gasteiger partial charge >= 0.3 is 0 Å². The van der Waals surface area contributed by atoms with Crippen LogP contribution in [0.3, 0.4) is 0 Å². The number of imidazole rings is 1. The number of halogens is 2. The van der Waals surface area contributed by atoms with Gasteiger partial charge in [-0.25, -0.2) is 4.98 Å². The van der Waals surface area contributed by atoms with Gasteiger partial charge in [-0.3, -0.25) is 0 Å². The van der Waals surface area contributed by atoms with Gasteiger partial charge in [0.05, 0.1) is 30.0 Å². The molecular formula is C16H10Br2N2S2. The highest BCUT2D eigenvalue weighted by Gasteiger charge is 2.15. The van der Waals surface area contributed by atoms with Crippen LogP contribution in [-0.4, -0.2) is 9.55 Å². The minimum atomic E-state index is 0.835. The fourth-order valence-corrected chi connectivity index (χ4v) is 5.31. The molecule has 22 heavy (non-hydrogen) atoms. The van der Waals surface area contributed by atoms with E-state index in [1.165, 1.54) is 15.3 Å². The van der Waals surface area contributed by atoms with E-state index in [-0.39, 0.29) is 0 Å². The third kappa shape index (κ3) is 2.69. The Kier molecular flexibility index (Phi) is 3.94. The van der Waals surface area contributed by atoms with Crippen molar-refractivity contribution in [2.75, 3.05) is 0 Å². The Morgan fingerprint density at radius 2 is 1.68 bits per heavy atom. The van der Waals surface area contributed by atoms with Gasteiger partial charge in [0.25, 0.3) is 0 Å². The first-order chi connectivity index (χ1) is 10.7. The fraction of sp³-hybridized carbons (Fsp3) is 0.0625. The van der Waals surface area contributed by atoms with Crippen LogP contribution in [0.2, 0.25) is 0 Å². The lowest BCUT2D eigenvalue weighted by molar-refractivity contribution is 0.850. The van der Waals surface area contributed by atoms with E-state index in [1.54, 1.807) is 22.7 Å². The zero-order valence-electron chi connectivity index (χ0n) is 11.3. The molecule has 0 atom stereocenters. The van der Waals surface area contributed by atoms with Crippen molar-refractivity contribution in [2.24, 2.45) is 0 Å². The van der Waals surface area contributed by atoms with Gasteiger partial charge in [0.15, 0.2) is 5.82 Å². The third-order valence-electron chi connectivity index (χ3n) is 3.39. The molecule has 0 N–H and O–H groups in total. The summed E-state index contributed by atoms with van der Waals surface area (Å²) in [6.07, 6.45) is 0. The molecule has 4 aromatic rings. The summed E-state index contributed by atoms with van der Waals surface area (Å²) in [7, 11) is 0. The number of hydrogen-bond acceptors (Lipinski definition) is 3. The summed E-state index contributed by atoms with van der Waals surface area (Å²) in [5.41, 5.74) is 2.21. The quantitative estimate of drug-likeness (QED) is 0.351. The number of hydrogen-bond donors (Lipinski definition) is 0. The maximum absolute atomic E-state index is 4.84. The molecule has 2 nitrogen and oxygen atoms in total. The van der Waals surface area contributed by atoms with Gasteiger partial charge in [-0.15, -0.1) is 22.7 Å². The molecule has 0 saturated heterocycles. The lowest BCUT2D eigenvalue weighted by Crippen LogP contribution is -1.99. The van der Waals surface area contributed by atoms with Crippen LogP contribution in [0.25, 0.3) is 21.7 Å². The minimum Gasteiger partial charge on any atom is -0.318 e. The minimum absolute atomic E-state index is 0.835. The van der Waals surface area contributed by atoms with Gasteiger partial charge in [-0.05, 0) is 68.3 Å². The van der Waals surface area contributed by atoms with E-state index in [9.17, 15) is 0 Å². The zero-order chi connectivity index (χ0) is 15.1. The van der Waals surface area contributed by atoms with Crippen LogP contribution in [0.1, 0.15) is 4.88 Å². The van der Waals surface area contributed by atoms with E-state index in [1.807, 2.05) is 6.07 Å². The number of nitrogens with zero attached hydrogens (tertiary/aromatic N) is 2. The highest BCUT2D eigenvalue weighted by molar-refractivity contribution is 9.11. The molecule has 0 aliphatic heterocycles. The highest BCUT2D eigenvalue weighted by atomic mass is 79.9. The molecule has 6 heteroatoms. The summed E-state index contributed by atoms with van der Waals surface area (Å²) in [5, 5.41) is 0. The van der Waals surface area contributed by atoms with Gasteiger partial charge in [0, 0.05) is 4.88 Å². The molecule has 4 rings (SSSR count). The van der Waals surface area contributed by atoms with Crippen LogP contribution < -0.4 is 0 Å². The largest absolute Gasteiger partial charge is 0.318 e. The first-order valence-corrected chi connectivity index (χ1v) is 9.88. The van der Waals surface area contributed by atoms with Crippen molar-refractivity contribution in [3.05, 3.63) is 61.0 Å². The standard InChI is InChI=1S/C16H10Br2N2S2/c17-14-7-5-10(21-14)9-20-12-4-2-1-3-11(12)19-16(20)13-6-8-15(18)22-13/h1-8H,9H2. The van der Waals surface area contributed by atoms with E-state index in [0.29, 0.717) is 0 Å². The van der Waals surface area contributed by atoms with Crippen molar-refractivity contribution in [1.29, 1.82) is 0 Å². The maximum Gasteiger partial charge on any atom is 0.151 e. The van der Waals surface area contributed by atoms with E-state index >= 15 is 0 Å². The summed E-state index contributed by atoms with van der Waals surface area (Å²) >= 11 is 10.6. The maximum atomic E-state index is 4.84. The summed E-state index contributed by atoms with van der Waals surface area (Å²) < 4.78 is 4.58. The Morgan fingerprint density at radius 3 is 2.41 bits per heavy atom. The van der Waals surface area contributed by atoms with Crippen molar-refractivity contribution < 1.29 is 0 Å². The molecular weight excluding hydrogens is 444 g/mol. The Labute approximate surface area is 152 Å². The predicted octanol–water partition coefficient (Wildman–Crippen LogP) is 6.40. The Bertz CT molecular complexity index is 952. The van der Waals surface area contributed by atoms with E-state index in [2.05, 4.69) is 78.9 Å². The van der Waals surface area contributed by atoms with Gasteiger partial charge in [-0.1, -0.05) is 12.1 Å². The molecule has 1 aromatic carbocycles. The fourth-order valence-electron chi connectivity index (χ4n) is 2.45. The van der Waals surface area contributed by atoms with Crippen LogP contribution in [0, 0.1) is 0 Å². The molecule has 0 radical (unpaired) electrons. The number of aromatic nitrogens is 2. The lowest BCUT2D eigenvalue weighted by atomic mass is 10.3. The molecule has 0 amide bonds. The van der Waals surface area contributed by atoms with Gasteiger partial charge in [-0.2, -0.15) is 0 Å². The van der Waals surface area contributed by atoms with Crippen LogP contribution in [-0.2, 0) is 6.54 Å². The normalized spacial score (nSPS) is 11.4. The average molecular weight is 454 g/mol. The molecule has 3 heterocycles. The van der Waals surface area contributed by atoms with Crippen molar-refractivity contribution in [3.63, 3.8) is 0 Å². The average Bonchev–Trinajstić information content (AvgIpc) is 3.20. The summed E-state index contributed by atoms with van der Waals surface area (Å²) in [6, 6.07) is 16.8. The molecule has 0 saturated carbocycles. The molecule has 3 aromatic heterocycles. The van der Waals surface area contributed by atoms with Gasteiger partial charge < -0.3 is 4.57 Å². The lowest BCUT2D eigenvalue weighted by Gasteiger charge is -2.06. The second-order valence-electron chi connectivity index (χ2n) is 4.82. The van der Waals surface area contributed by atoms with Crippen LogP contribution in [0.4, 0.5) is 0 Å². The number of para-hydroxylation sites is 2. The van der Waals surface area contributed by atoms with Crippen molar-refractivity contribution in [3.8, 4) is 10.7 Å². The van der Waals surface area contributed by atoms with Gasteiger partial charge in [0.1, 0.15) is 0 Å². The third-order valence-corrected chi connectivity index (χ3v) is 6.62. The van der Waals surface area contributed by atoms with Crippen molar-refractivity contribution in [1.82, 2.24) is 9.55 Å². The Morgan fingerprint density at radius 1 is 0.909 bits per heavy atom. The number of benzene rings is 1. The molecule has 110 valence electrons. The Hall–Kier alpha value is -0.950. The molecule has 0 bridgehead atoms. The topological polar surface area (TPSA) is 17.8 Å². The van der Waals surface area contributed by atoms with Crippen molar-refractivity contribution in [2.45, 2.75) is 6.54 Å². The number of thiophene rings is 2. The monoisotopic (exact) mass is 452 g/mol. The second-order valence-corrected chi connectivity index (χ2v) is 9.83. The van der Waals surface area contributed by atoms with Crippen LogP contribution in [0.5, 0.6) is 0 Å². The molecule has 0 unspecified atom stereocenters. The predicted molar refractivity (Wildman–Crippen MR) is 102 cm³/mol. The summed E-state index contributed by atoms with van der Waals surface area (Å²) in [6.45, 7) is 0.835. The molecule has 0 spiro atoms. The zero-order valence-corrected chi connectivity index (χ0v) is 16.1. The van der Waals surface area contributed by atoms with Crippen LogP contribution in [0.15, 0.2) is 56.1 Å². The first-order valence-electron chi connectivity index (χ1n) is 6.66. The van der Waals surface area contributed by atoms with Gasteiger partial charge in [0.2, 0.25) is 0 Å². The number of rotatable bonds is 3. The summed E-state index contributed by atoms with van der Waals surface area (Å²) in [4.78, 5) is 7.34. The van der Waals surface area contributed by atoms with Crippen molar-refractivity contribution >= 4 is 65.6 Å². The highest BCUT2D eigenvalue weighted by Crippen LogP contribution is 2.34. The Balaban J connectivity index is 1.89. The molecule has 0 fully saturated rings. The molecule has 0 aliphatic carbocycles. The smallest absolute Gasteiger partial charge is 0.151 e. The van der Waals surface area contributed by atoms with E-state index in [0.717, 1.165) is 25.5 Å². The summed E-state index contributed by atoms with van der Waals surface area (Å²) in [5.74, 6) is 1.03.